The van der Waals surface area contributed by atoms with Crippen molar-refractivity contribution < 1.29 is 9.59 Å². The fraction of sp³-hybridized carbons (Fsp3) is 0.500. The number of hydrogen-bond donors (Lipinski definition) is 0. The van der Waals surface area contributed by atoms with Crippen LogP contribution in [0.25, 0.3) is 0 Å². The molecule has 2 amide bonds. The maximum Gasteiger partial charge on any atom is 0.254 e. The Balaban J connectivity index is 1.75. The van der Waals surface area contributed by atoms with Crippen LogP contribution in [-0.4, -0.2) is 36.3 Å². The molecular formula is C20H26N2O2. The lowest BCUT2D eigenvalue weighted by atomic mass is 9.67. The third-order valence-corrected chi connectivity index (χ3v) is 5.77. The Hall–Kier alpha value is -2.10. The summed E-state index contributed by atoms with van der Waals surface area (Å²) >= 11 is 0. The zero-order valence-electron chi connectivity index (χ0n) is 14.6. The van der Waals surface area contributed by atoms with Gasteiger partial charge in [0.25, 0.3) is 5.91 Å². The van der Waals surface area contributed by atoms with Crippen molar-refractivity contribution in [3.8, 4) is 0 Å². The van der Waals surface area contributed by atoms with Gasteiger partial charge in [0.1, 0.15) is 0 Å². The van der Waals surface area contributed by atoms with Crippen LogP contribution < -0.4 is 4.90 Å². The third-order valence-electron chi connectivity index (χ3n) is 5.77. The van der Waals surface area contributed by atoms with Crippen molar-refractivity contribution in [3.63, 3.8) is 0 Å². The summed E-state index contributed by atoms with van der Waals surface area (Å²) in [5.74, 6) is -0.0403. The van der Waals surface area contributed by atoms with Crippen LogP contribution in [0.4, 0.5) is 5.69 Å². The number of likely N-dealkylation sites (tertiary alicyclic amines) is 1. The van der Waals surface area contributed by atoms with E-state index >= 15 is 0 Å². The summed E-state index contributed by atoms with van der Waals surface area (Å²) < 4.78 is 0. The van der Waals surface area contributed by atoms with Gasteiger partial charge in [-0.3, -0.25) is 9.59 Å². The van der Waals surface area contributed by atoms with Gasteiger partial charge in [-0.05, 0) is 61.4 Å². The lowest BCUT2D eigenvalue weighted by Gasteiger charge is -2.37. The van der Waals surface area contributed by atoms with Crippen molar-refractivity contribution >= 4 is 17.5 Å². The summed E-state index contributed by atoms with van der Waals surface area (Å²) in [6, 6.07) is 7.66. The summed E-state index contributed by atoms with van der Waals surface area (Å²) in [4.78, 5) is 28.2. The Morgan fingerprint density at radius 3 is 2.50 bits per heavy atom. The van der Waals surface area contributed by atoms with Gasteiger partial charge in [-0.2, -0.15) is 0 Å². The predicted molar refractivity (Wildman–Crippen MR) is 96.1 cm³/mol. The molecule has 4 heteroatoms. The minimum Gasteiger partial charge on any atom is -0.335 e. The van der Waals surface area contributed by atoms with E-state index < -0.39 is 0 Å². The second-order valence-electron chi connectivity index (χ2n) is 7.20. The molecule has 0 N–H and O–H groups in total. The molecule has 1 saturated carbocycles. The van der Waals surface area contributed by atoms with Gasteiger partial charge in [0.05, 0.1) is 0 Å². The fourth-order valence-corrected chi connectivity index (χ4v) is 4.06. The highest BCUT2D eigenvalue weighted by Crippen LogP contribution is 2.51. The zero-order valence-corrected chi connectivity index (χ0v) is 14.6. The average Bonchev–Trinajstić information content (AvgIpc) is 3.00. The van der Waals surface area contributed by atoms with Crippen LogP contribution in [0.5, 0.6) is 0 Å². The number of rotatable bonds is 4. The standard InChI is InChI=1S/C20H26N2O2/c1-4-16-13-20(11-6-12-20)14-22(16)19(24)15-7-9-17(10-8-15)21(3)18(23)5-2/h5,7-10,16H,2,4,6,11-14H2,1,3H3. The van der Waals surface area contributed by atoms with Crippen LogP contribution in [0.15, 0.2) is 36.9 Å². The van der Waals surface area contributed by atoms with Crippen LogP contribution >= 0.6 is 0 Å². The van der Waals surface area contributed by atoms with Crippen LogP contribution in [-0.2, 0) is 4.79 Å². The van der Waals surface area contributed by atoms with Crippen molar-refractivity contribution in [2.24, 2.45) is 5.41 Å². The Labute approximate surface area is 144 Å². The van der Waals surface area contributed by atoms with E-state index in [1.54, 1.807) is 7.05 Å². The van der Waals surface area contributed by atoms with Gasteiger partial charge in [-0.15, -0.1) is 0 Å². The van der Waals surface area contributed by atoms with Crippen molar-refractivity contribution in [3.05, 3.63) is 42.5 Å². The molecule has 4 nitrogen and oxygen atoms in total. The number of anilines is 1. The molecule has 24 heavy (non-hydrogen) atoms. The van der Waals surface area contributed by atoms with E-state index in [2.05, 4.69) is 18.4 Å². The number of hydrogen-bond acceptors (Lipinski definition) is 2. The first kappa shape index (κ1) is 16.7. The summed E-state index contributed by atoms with van der Waals surface area (Å²) in [6.07, 6.45) is 7.29. The number of carbonyl (C=O) groups is 2. The molecule has 128 valence electrons. The highest BCUT2D eigenvalue weighted by Gasteiger charge is 2.48. The van der Waals surface area contributed by atoms with E-state index in [0.29, 0.717) is 17.0 Å². The van der Waals surface area contributed by atoms with E-state index in [0.717, 1.165) is 25.1 Å². The molecule has 2 fully saturated rings. The number of carbonyl (C=O) groups excluding carboxylic acids is 2. The second kappa shape index (κ2) is 6.42. The van der Waals surface area contributed by atoms with Gasteiger partial charge in [0.15, 0.2) is 0 Å². The highest BCUT2D eigenvalue weighted by molar-refractivity contribution is 6.01. The monoisotopic (exact) mass is 326 g/mol. The zero-order chi connectivity index (χ0) is 17.3. The van der Waals surface area contributed by atoms with Crippen molar-refractivity contribution in [1.29, 1.82) is 0 Å². The first-order chi connectivity index (χ1) is 11.5. The Kier molecular flexibility index (Phi) is 4.48. The van der Waals surface area contributed by atoms with E-state index in [9.17, 15) is 9.59 Å². The molecule has 1 atom stereocenters. The molecular weight excluding hydrogens is 300 g/mol. The Bertz CT molecular complexity index is 646. The molecule has 1 heterocycles. The first-order valence-corrected chi connectivity index (χ1v) is 8.81. The lowest BCUT2D eigenvalue weighted by molar-refractivity contribution is -0.113. The van der Waals surface area contributed by atoms with Gasteiger partial charge < -0.3 is 9.80 Å². The van der Waals surface area contributed by atoms with Gasteiger partial charge in [0, 0.05) is 30.9 Å². The van der Waals surface area contributed by atoms with E-state index in [1.807, 2.05) is 24.3 Å². The summed E-state index contributed by atoms with van der Waals surface area (Å²) in [6.45, 7) is 6.57. The first-order valence-electron chi connectivity index (χ1n) is 8.81. The number of amides is 2. The van der Waals surface area contributed by atoms with E-state index in [4.69, 9.17) is 0 Å². The normalized spacial score (nSPS) is 21.4. The van der Waals surface area contributed by atoms with E-state index in [1.165, 1.54) is 30.2 Å². The molecule has 1 aliphatic carbocycles. The second-order valence-corrected chi connectivity index (χ2v) is 7.20. The van der Waals surface area contributed by atoms with Crippen molar-refractivity contribution in [2.45, 2.75) is 45.1 Å². The quantitative estimate of drug-likeness (QED) is 0.793. The minimum absolute atomic E-state index is 0.120. The number of benzene rings is 1. The fourth-order valence-electron chi connectivity index (χ4n) is 4.06. The maximum absolute atomic E-state index is 12.9. The molecule has 1 aromatic carbocycles. The Morgan fingerprint density at radius 1 is 1.33 bits per heavy atom. The van der Waals surface area contributed by atoms with Crippen LogP contribution in [0.1, 0.15) is 49.4 Å². The summed E-state index contributed by atoms with van der Waals surface area (Å²) in [5, 5.41) is 0. The van der Waals surface area contributed by atoms with Gasteiger partial charge in [-0.1, -0.05) is 19.9 Å². The summed E-state index contributed by atoms with van der Waals surface area (Å²) in [7, 11) is 1.70. The molecule has 0 bridgehead atoms. The van der Waals surface area contributed by atoms with Gasteiger partial charge in [0.2, 0.25) is 5.91 Å². The molecule has 3 rings (SSSR count). The lowest BCUT2D eigenvalue weighted by Crippen LogP contribution is -2.38. The van der Waals surface area contributed by atoms with Gasteiger partial charge >= 0.3 is 0 Å². The van der Waals surface area contributed by atoms with Gasteiger partial charge in [-0.25, -0.2) is 0 Å². The number of nitrogens with zero attached hydrogens (tertiary/aromatic N) is 2. The molecule has 1 aliphatic heterocycles. The SMILES string of the molecule is C=CC(=O)N(C)c1ccc(C(=O)N2CC3(CCC3)CC2CC)cc1. The maximum atomic E-state index is 12.9. The minimum atomic E-state index is -0.161. The molecule has 1 saturated heterocycles. The van der Waals surface area contributed by atoms with Crippen LogP contribution in [0.3, 0.4) is 0 Å². The van der Waals surface area contributed by atoms with Crippen molar-refractivity contribution in [2.75, 3.05) is 18.5 Å². The number of likely N-dealkylation sites (N-methyl/N-ethyl adjacent to an activating group) is 1. The molecule has 0 radical (unpaired) electrons. The molecule has 1 unspecified atom stereocenters. The topological polar surface area (TPSA) is 40.6 Å². The molecule has 1 spiro atoms. The molecule has 2 aliphatic rings. The third kappa shape index (κ3) is 2.85. The highest BCUT2D eigenvalue weighted by atomic mass is 16.2. The summed E-state index contributed by atoms with van der Waals surface area (Å²) in [5.41, 5.74) is 1.86. The molecule has 0 aromatic heterocycles. The van der Waals surface area contributed by atoms with E-state index in [-0.39, 0.29) is 11.8 Å². The molecule has 1 aromatic rings. The Morgan fingerprint density at radius 2 is 2.00 bits per heavy atom. The van der Waals surface area contributed by atoms with Crippen molar-refractivity contribution in [1.82, 2.24) is 4.90 Å². The van der Waals surface area contributed by atoms with Crippen LogP contribution in [0, 0.1) is 5.41 Å². The average molecular weight is 326 g/mol. The van der Waals surface area contributed by atoms with Crippen LogP contribution in [0.2, 0.25) is 0 Å². The smallest absolute Gasteiger partial charge is 0.254 e. The predicted octanol–water partition coefficient (Wildman–Crippen LogP) is 3.63. The largest absolute Gasteiger partial charge is 0.335 e.